The second-order valence-electron chi connectivity index (χ2n) is 7.92. The normalized spacial score (nSPS) is 21.6. The molecule has 0 amide bonds. The molecule has 1 aliphatic carbocycles. The molecule has 1 aromatic carbocycles. The quantitative estimate of drug-likeness (QED) is 0.567. The monoisotopic (exact) mass is 337 g/mol. The number of benzene rings is 1. The van der Waals surface area contributed by atoms with E-state index in [0.29, 0.717) is 5.57 Å². The fourth-order valence-electron chi connectivity index (χ4n) is 3.55. The highest BCUT2D eigenvalue weighted by Crippen LogP contribution is 2.55. The lowest BCUT2D eigenvalue weighted by atomic mass is 9.86. The molecule has 0 aromatic heterocycles. The van der Waals surface area contributed by atoms with E-state index in [4.69, 9.17) is 4.99 Å². The third-order valence-electron chi connectivity index (χ3n) is 5.44. The van der Waals surface area contributed by atoms with Crippen LogP contribution in [0.2, 0.25) is 0 Å². The van der Waals surface area contributed by atoms with Crippen molar-refractivity contribution >= 4 is 5.71 Å². The van der Waals surface area contributed by atoms with Crippen LogP contribution >= 0.6 is 0 Å². The highest BCUT2D eigenvalue weighted by molar-refractivity contribution is 6.16. The molecule has 3 rings (SSSR count). The van der Waals surface area contributed by atoms with Gasteiger partial charge < -0.3 is 10.2 Å². The van der Waals surface area contributed by atoms with E-state index in [0.717, 1.165) is 28.8 Å². The summed E-state index contributed by atoms with van der Waals surface area (Å²) in [5.41, 5.74) is 7.03. The summed E-state index contributed by atoms with van der Waals surface area (Å²) in [7, 11) is 0. The Morgan fingerprint density at radius 2 is 1.96 bits per heavy atom. The average molecular weight is 337 g/mol. The lowest BCUT2D eigenvalue weighted by molar-refractivity contribution is 0.188. The molecule has 1 heterocycles. The molecule has 1 aromatic rings. The maximum Gasteiger partial charge on any atom is 0.276 e. The van der Waals surface area contributed by atoms with Crippen molar-refractivity contribution < 1.29 is 10.2 Å². The Hall–Kier alpha value is -2.29. The van der Waals surface area contributed by atoms with E-state index >= 15 is 0 Å². The Morgan fingerprint density at radius 1 is 1.28 bits per heavy atom. The predicted octanol–water partition coefficient (Wildman–Crippen LogP) is 5.45. The van der Waals surface area contributed by atoms with Crippen LogP contribution in [0.25, 0.3) is 0 Å². The van der Waals surface area contributed by atoms with Gasteiger partial charge in [-0.05, 0) is 48.4 Å². The first kappa shape index (κ1) is 17.5. The number of allylic oxidation sites excluding steroid dienone is 3. The average Bonchev–Trinajstić information content (AvgIpc) is 3.25. The second kappa shape index (κ2) is 5.91. The van der Waals surface area contributed by atoms with Gasteiger partial charge in [0.1, 0.15) is 0 Å². The van der Waals surface area contributed by atoms with E-state index in [2.05, 4.69) is 65.5 Å². The molecule has 0 radical (unpaired) electrons. The van der Waals surface area contributed by atoms with Crippen molar-refractivity contribution in [3.63, 3.8) is 0 Å². The van der Waals surface area contributed by atoms with Crippen molar-refractivity contribution in [1.82, 2.24) is 0 Å². The second-order valence-corrected chi connectivity index (χ2v) is 7.92. The van der Waals surface area contributed by atoms with Crippen molar-refractivity contribution in [3.05, 3.63) is 70.2 Å². The Kier molecular flexibility index (Phi) is 4.14. The smallest absolute Gasteiger partial charge is 0.276 e. The first-order chi connectivity index (χ1) is 11.7. The van der Waals surface area contributed by atoms with E-state index < -0.39 is 5.95 Å². The highest BCUT2D eigenvalue weighted by atomic mass is 16.5. The molecule has 0 saturated heterocycles. The minimum absolute atomic E-state index is 0.00628. The van der Waals surface area contributed by atoms with Gasteiger partial charge in [0.25, 0.3) is 5.95 Å². The number of hydrogen-bond acceptors (Lipinski definition) is 3. The molecule has 0 bridgehead atoms. The predicted molar refractivity (Wildman–Crippen MR) is 104 cm³/mol. The van der Waals surface area contributed by atoms with E-state index in [1.807, 2.05) is 0 Å². The minimum atomic E-state index is -0.584. The van der Waals surface area contributed by atoms with Gasteiger partial charge in [0, 0.05) is 17.1 Å². The first-order valence-corrected chi connectivity index (χ1v) is 8.86. The number of fused-ring (bicyclic) bond motifs is 3. The zero-order valence-electron chi connectivity index (χ0n) is 15.7. The molecule has 2 N–H and O–H groups in total. The maximum absolute atomic E-state index is 9.59. The fraction of sp³-hybridized carbons (Fsp3) is 0.409. The summed E-state index contributed by atoms with van der Waals surface area (Å²) >= 11 is 0. The SMILES string of the molecule is C=C(/C=C\C(C)(C)CC)C1=NC2C(=C(O)O)C2c2c(C)cc(C)cc21. The molecular formula is C22H27NO2. The van der Waals surface area contributed by atoms with E-state index in [1.54, 1.807) is 0 Å². The van der Waals surface area contributed by atoms with Crippen LogP contribution in [0.5, 0.6) is 0 Å². The number of aryl methyl sites for hydroxylation is 2. The summed E-state index contributed by atoms with van der Waals surface area (Å²) in [5, 5.41) is 19.2. The van der Waals surface area contributed by atoms with Gasteiger partial charge in [-0.15, -0.1) is 0 Å². The summed E-state index contributed by atoms with van der Waals surface area (Å²) in [6, 6.07) is 4.10. The van der Waals surface area contributed by atoms with Crippen molar-refractivity contribution in [2.75, 3.05) is 0 Å². The summed E-state index contributed by atoms with van der Waals surface area (Å²) < 4.78 is 0. The van der Waals surface area contributed by atoms with Crippen LogP contribution in [0.1, 0.15) is 55.4 Å². The van der Waals surface area contributed by atoms with Crippen LogP contribution in [0.4, 0.5) is 0 Å². The minimum Gasteiger partial charge on any atom is -0.481 e. The molecule has 3 heteroatoms. The van der Waals surface area contributed by atoms with E-state index in [9.17, 15) is 10.2 Å². The molecule has 0 spiro atoms. The van der Waals surface area contributed by atoms with Gasteiger partial charge in [-0.2, -0.15) is 0 Å². The first-order valence-electron chi connectivity index (χ1n) is 8.86. The third kappa shape index (κ3) is 3.04. The lowest BCUT2D eigenvalue weighted by Gasteiger charge is -2.21. The molecule has 2 unspecified atom stereocenters. The number of aliphatic hydroxyl groups excluding tert-OH is 1. The number of rotatable bonds is 4. The Labute approximate surface area is 150 Å². The highest BCUT2D eigenvalue weighted by Gasteiger charge is 2.53. The van der Waals surface area contributed by atoms with Gasteiger partial charge in [-0.1, -0.05) is 51.1 Å². The van der Waals surface area contributed by atoms with Crippen LogP contribution in [-0.2, 0) is 0 Å². The van der Waals surface area contributed by atoms with Crippen molar-refractivity contribution in [2.24, 2.45) is 10.4 Å². The molecule has 25 heavy (non-hydrogen) atoms. The van der Waals surface area contributed by atoms with Crippen LogP contribution < -0.4 is 0 Å². The molecule has 132 valence electrons. The summed E-state index contributed by atoms with van der Waals surface area (Å²) in [4.78, 5) is 4.80. The Balaban J connectivity index is 2.08. The van der Waals surface area contributed by atoms with Gasteiger partial charge in [-0.3, -0.25) is 4.99 Å². The van der Waals surface area contributed by atoms with Crippen LogP contribution in [-0.4, -0.2) is 22.0 Å². The van der Waals surface area contributed by atoms with Crippen molar-refractivity contribution in [2.45, 2.75) is 53.0 Å². The standard InChI is InChI=1S/C22H27NO2/c1-7-22(5,6)9-8-13(3)19-15-11-12(2)10-14(4)16(15)17-18(21(24)25)20(17)23-19/h8-11,17,20,24-25H,3,7H2,1-2,4-6H3/b9-8-. The Morgan fingerprint density at radius 3 is 2.56 bits per heavy atom. The third-order valence-corrected chi connectivity index (χ3v) is 5.44. The molecular weight excluding hydrogens is 310 g/mol. The lowest BCUT2D eigenvalue weighted by Crippen LogP contribution is -2.15. The number of hydrogen-bond donors (Lipinski definition) is 2. The van der Waals surface area contributed by atoms with Crippen LogP contribution in [0.3, 0.4) is 0 Å². The van der Waals surface area contributed by atoms with E-state index in [1.165, 1.54) is 11.1 Å². The van der Waals surface area contributed by atoms with E-state index in [-0.39, 0.29) is 17.4 Å². The summed E-state index contributed by atoms with van der Waals surface area (Å²) in [5.74, 6) is -0.590. The van der Waals surface area contributed by atoms with Gasteiger partial charge in [-0.25, -0.2) is 0 Å². The van der Waals surface area contributed by atoms with Gasteiger partial charge in [0.2, 0.25) is 0 Å². The van der Waals surface area contributed by atoms with Crippen LogP contribution in [0, 0.1) is 19.3 Å². The zero-order chi connectivity index (χ0) is 18.5. The molecule has 2 atom stereocenters. The number of aliphatic hydroxyl groups is 2. The molecule has 3 nitrogen and oxygen atoms in total. The number of nitrogens with zero attached hydrogens (tertiary/aromatic N) is 1. The Bertz CT molecular complexity index is 836. The molecule has 1 saturated carbocycles. The maximum atomic E-state index is 9.59. The van der Waals surface area contributed by atoms with Gasteiger partial charge >= 0.3 is 0 Å². The topological polar surface area (TPSA) is 52.8 Å². The molecule has 2 aliphatic rings. The molecule has 1 aliphatic heterocycles. The molecule has 1 fully saturated rings. The van der Waals surface area contributed by atoms with Crippen LogP contribution in [0.15, 0.2) is 52.9 Å². The van der Waals surface area contributed by atoms with Crippen molar-refractivity contribution in [3.8, 4) is 0 Å². The summed E-state index contributed by atoms with van der Waals surface area (Å²) in [6.07, 6.45) is 5.28. The fourth-order valence-corrected chi connectivity index (χ4v) is 3.55. The zero-order valence-corrected chi connectivity index (χ0v) is 15.7. The largest absolute Gasteiger partial charge is 0.481 e. The van der Waals surface area contributed by atoms with Gasteiger partial charge in [0.15, 0.2) is 0 Å². The number of aliphatic imine (C=N–C) groups is 1. The van der Waals surface area contributed by atoms with Crippen molar-refractivity contribution in [1.29, 1.82) is 0 Å². The summed E-state index contributed by atoms with van der Waals surface area (Å²) in [6.45, 7) is 15.0. The van der Waals surface area contributed by atoms with Gasteiger partial charge in [0.05, 0.1) is 11.8 Å².